The first-order valence-corrected chi connectivity index (χ1v) is 8.99. The van der Waals surface area contributed by atoms with Crippen molar-refractivity contribution in [3.8, 4) is 17.6 Å². The first-order valence-electron chi connectivity index (χ1n) is 8.62. The van der Waals surface area contributed by atoms with Crippen LogP contribution in [0.1, 0.15) is 12.5 Å². The molecule has 8 heteroatoms. The van der Waals surface area contributed by atoms with Crippen molar-refractivity contribution in [1.29, 1.82) is 5.26 Å². The second kappa shape index (κ2) is 10.7. The van der Waals surface area contributed by atoms with Crippen molar-refractivity contribution < 1.29 is 23.8 Å². The van der Waals surface area contributed by atoms with Crippen LogP contribution in [0.2, 0.25) is 5.02 Å². The molecule has 2 aromatic rings. The molecule has 150 valence electrons. The fourth-order valence-electron chi connectivity index (χ4n) is 2.28. The number of anilines is 1. The minimum absolute atomic E-state index is 0.0952. The third kappa shape index (κ3) is 6.55. The highest BCUT2D eigenvalue weighted by molar-refractivity contribution is 6.30. The van der Waals surface area contributed by atoms with Crippen LogP contribution in [0.15, 0.2) is 48.0 Å². The number of nitrogens with one attached hydrogen (secondary N) is 1. The molecule has 0 aromatic heterocycles. The number of methoxy groups -OCH3 is 1. The fourth-order valence-corrected chi connectivity index (χ4v) is 2.41. The number of benzene rings is 2. The predicted octanol–water partition coefficient (Wildman–Crippen LogP) is 3.84. The van der Waals surface area contributed by atoms with Gasteiger partial charge >= 0.3 is 5.97 Å². The number of ether oxygens (including phenoxy) is 3. The molecule has 0 fully saturated rings. The summed E-state index contributed by atoms with van der Waals surface area (Å²) in [5, 5.41) is 12.5. The van der Waals surface area contributed by atoms with Crippen LogP contribution in [0, 0.1) is 11.3 Å². The van der Waals surface area contributed by atoms with Gasteiger partial charge in [0.15, 0.2) is 18.1 Å². The lowest BCUT2D eigenvalue weighted by molar-refractivity contribution is -0.145. The molecule has 0 saturated carbocycles. The molecule has 7 nitrogen and oxygen atoms in total. The number of hydrogen-bond acceptors (Lipinski definition) is 6. The molecule has 0 aliphatic carbocycles. The minimum atomic E-state index is -0.559. The number of rotatable bonds is 8. The van der Waals surface area contributed by atoms with E-state index >= 15 is 0 Å². The van der Waals surface area contributed by atoms with E-state index in [2.05, 4.69) is 5.32 Å². The highest BCUT2D eigenvalue weighted by Crippen LogP contribution is 2.29. The molecule has 0 atom stereocenters. The summed E-state index contributed by atoms with van der Waals surface area (Å²) in [7, 11) is 1.44. The molecule has 1 N–H and O–H groups in total. The van der Waals surface area contributed by atoms with Crippen LogP contribution < -0.4 is 14.8 Å². The van der Waals surface area contributed by atoms with Gasteiger partial charge in [-0.25, -0.2) is 4.79 Å². The van der Waals surface area contributed by atoms with E-state index in [0.717, 1.165) is 0 Å². The molecule has 29 heavy (non-hydrogen) atoms. The zero-order valence-electron chi connectivity index (χ0n) is 15.9. The quantitative estimate of drug-likeness (QED) is 0.400. The Morgan fingerprint density at radius 3 is 2.52 bits per heavy atom. The van der Waals surface area contributed by atoms with E-state index in [1.807, 2.05) is 6.07 Å². The molecule has 0 aliphatic heterocycles. The largest absolute Gasteiger partial charge is 0.493 e. The number of halogens is 1. The number of carbonyl (C=O) groups is 2. The summed E-state index contributed by atoms with van der Waals surface area (Å²) >= 11 is 5.82. The summed E-state index contributed by atoms with van der Waals surface area (Å²) in [6, 6.07) is 13.2. The average molecular weight is 415 g/mol. The Hall–Kier alpha value is -3.50. The maximum Gasteiger partial charge on any atom is 0.344 e. The molecular weight excluding hydrogens is 396 g/mol. The van der Waals surface area contributed by atoms with Gasteiger partial charge in [0.25, 0.3) is 5.91 Å². The third-order valence-corrected chi connectivity index (χ3v) is 3.87. The van der Waals surface area contributed by atoms with Gasteiger partial charge in [0.05, 0.1) is 13.7 Å². The van der Waals surface area contributed by atoms with E-state index in [-0.39, 0.29) is 18.8 Å². The monoisotopic (exact) mass is 414 g/mol. The Bertz CT molecular complexity index is 949. The van der Waals surface area contributed by atoms with E-state index in [0.29, 0.717) is 27.8 Å². The number of nitriles is 1. The fraction of sp³-hybridized carbons (Fsp3) is 0.190. The smallest absolute Gasteiger partial charge is 0.344 e. The Kier molecular flexibility index (Phi) is 8.07. The van der Waals surface area contributed by atoms with Crippen molar-refractivity contribution in [2.75, 3.05) is 25.6 Å². The Balaban J connectivity index is 2.15. The standard InChI is InChI=1S/C21H19ClN2O5/c1-3-28-20(25)13-29-18-9-4-14(11-19(18)27-2)10-15(12-23)21(26)24-17-7-5-16(22)6-8-17/h4-11H,3,13H2,1-2H3,(H,24,26)/b15-10-. The van der Waals surface area contributed by atoms with E-state index in [9.17, 15) is 14.9 Å². The lowest BCUT2D eigenvalue weighted by atomic mass is 10.1. The van der Waals surface area contributed by atoms with Gasteiger partial charge in [0.1, 0.15) is 11.6 Å². The minimum Gasteiger partial charge on any atom is -0.493 e. The van der Waals surface area contributed by atoms with Gasteiger partial charge in [-0.15, -0.1) is 0 Å². The van der Waals surface area contributed by atoms with Gasteiger partial charge in [0.2, 0.25) is 0 Å². The second-order valence-corrected chi connectivity index (χ2v) is 6.07. The van der Waals surface area contributed by atoms with Gasteiger partial charge < -0.3 is 19.5 Å². The highest BCUT2D eigenvalue weighted by Gasteiger charge is 2.12. The van der Waals surface area contributed by atoms with Crippen LogP contribution in [-0.4, -0.2) is 32.2 Å². The number of hydrogen-bond donors (Lipinski definition) is 1. The summed E-state index contributed by atoms with van der Waals surface area (Å²) in [5.41, 5.74) is 0.969. The van der Waals surface area contributed by atoms with E-state index < -0.39 is 11.9 Å². The molecule has 1 amide bonds. The highest BCUT2D eigenvalue weighted by atomic mass is 35.5. The van der Waals surface area contributed by atoms with Crippen molar-refractivity contribution in [1.82, 2.24) is 0 Å². The topological polar surface area (TPSA) is 97.7 Å². The summed E-state index contributed by atoms with van der Waals surface area (Å²) in [5.74, 6) is -0.374. The lowest BCUT2D eigenvalue weighted by Gasteiger charge is -2.11. The summed E-state index contributed by atoms with van der Waals surface area (Å²) < 4.78 is 15.5. The zero-order chi connectivity index (χ0) is 21.2. The predicted molar refractivity (Wildman–Crippen MR) is 109 cm³/mol. The lowest BCUT2D eigenvalue weighted by Crippen LogP contribution is -2.15. The molecule has 0 spiro atoms. The number of nitrogens with zero attached hydrogens (tertiary/aromatic N) is 1. The van der Waals surface area contributed by atoms with E-state index in [1.54, 1.807) is 49.4 Å². The van der Waals surface area contributed by atoms with Gasteiger partial charge in [-0.05, 0) is 55.0 Å². The maximum absolute atomic E-state index is 12.4. The van der Waals surface area contributed by atoms with Gasteiger partial charge in [0, 0.05) is 10.7 Å². The number of amides is 1. The normalized spacial score (nSPS) is 10.6. The maximum atomic E-state index is 12.4. The van der Waals surface area contributed by atoms with Crippen LogP contribution in [0.4, 0.5) is 5.69 Å². The summed E-state index contributed by atoms with van der Waals surface area (Å²) in [4.78, 5) is 23.8. The van der Waals surface area contributed by atoms with E-state index in [4.69, 9.17) is 25.8 Å². The molecule has 0 radical (unpaired) electrons. The second-order valence-electron chi connectivity index (χ2n) is 5.63. The first-order chi connectivity index (χ1) is 14.0. The van der Waals surface area contributed by atoms with Gasteiger partial charge in [-0.1, -0.05) is 17.7 Å². The van der Waals surface area contributed by atoms with Crippen molar-refractivity contribution in [2.45, 2.75) is 6.92 Å². The summed E-state index contributed by atoms with van der Waals surface area (Å²) in [6.07, 6.45) is 1.42. The molecular formula is C21H19ClN2O5. The Morgan fingerprint density at radius 1 is 1.17 bits per heavy atom. The van der Waals surface area contributed by atoms with Crippen LogP contribution in [0.5, 0.6) is 11.5 Å². The average Bonchev–Trinajstić information content (AvgIpc) is 2.72. The molecule has 0 unspecified atom stereocenters. The zero-order valence-corrected chi connectivity index (χ0v) is 16.7. The van der Waals surface area contributed by atoms with Crippen LogP contribution in [-0.2, 0) is 14.3 Å². The molecule has 0 heterocycles. The van der Waals surface area contributed by atoms with Gasteiger partial charge in [-0.3, -0.25) is 4.79 Å². The van der Waals surface area contributed by atoms with Crippen molar-refractivity contribution in [3.63, 3.8) is 0 Å². The van der Waals surface area contributed by atoms with E-state index in [1.165, 1.54) is 13.2 Å². The van der Waals surface area contributed by atoms with Crippen molar-refractivity contribution >= 4 is 35.2 Å². The first kappa shape index (κ1) is 21.8. The van der Waals surface area contributed by atoms with Crippen molar-refractivity contribution in [2.24, 2.45) is 0 Å². The third-order valence-electron chi connectivity index (χ3n) is 3.62. The number of esters is 1. The molecule has 2 rings (SSSR count). The van der Waals surface area contributed by atoms with Crippen LogP contribution >= 0.6 is 11.6 Å². The molecule has 0 saturated heterocycles. The molecule has 0 aliphatic rings. The Morgan fingerprint density at radius 2 is 1.90 bits per heavy atom. The SMILES string of the molecule is CCOC(=O)COc1ccc(/C=C(/C#N)C(=O)Nc2ccc(Cl)cc2)cc1OC. The molecule has 2 aromatic carbocycles. The van der Waals surface area contributed by atoms with Crippen LogP contribution in [0.25, 0.3) is 6.08 Å². The van der Waals surface area contributed by atoms with Gasteiger partial charge in [-0.2, -0.15) is 5.26 Å². The summed E-state index contributed by atoms with van der Waals surface area (Å²) in [6.45, 7) is 1.71. The van der Waals surface area contributed by atoms with Crippen LogP contribution in [0.3, 0.4) is 0 Å². The Labute approximate surface area is 173 Å². The van der Waals surface area contributed by atoms with Crippen molar-refractivity contribution in [3.05, 3.63) is 58.6 Å². The molecule has 0 bridgehead atoms. The number of carbonyl (C=O) groups excluding carboxylic acids is 2.